The lowest BCUT2D eigenvalue weighted by Crippen LogP contribution is -1.85. The minimum atomic E-state index is 1.01. The molecule has 0 atom stereocenters. The van der Waals surface area contributed by atoms with Gasteiger partial charge in [-0.1, -0.05) is 60.7 Å². The van der Waals surface area contributed by atoms with Crippen molar-refractivity contribution in [3.8, 4) is 22.4 Å². The van der Waals surface area contributed by atoms with Crippen LogP contribution in [0.4, 0.5) is 0 Å². The van der Waals surface area contributed by atoms with Gasteiger partial charge in [0, 0.05) is 31.9 Å². The van der Waals surface area contributed by atoms with Gasteiger partial charge >= 0.3 is 0 Å². The van der Waals surface area contributed by atoms with Crippen LogP contribution < -0.4 is 0 Å². The summed E-state index contributed by atoms with van der Waals surface area (Å²) in [4.78, 5) is 4.53. The van der Waals surface area contributed by atoms with Crippen LogP contribution in [-0.4, -0.2) is 4.98 Å². The predicted molar refractivity (Wildman–Crippen MR) is 108 cm³/mol. The molecule has 0 radical (unpaired) electrons. The predicted octanol–water partition coefficient (Wildman–Crippen LogP) is 6.78. The summed E-state index contributed by atoms with van der Waals surface area (Å²) < 4.78 is 2.67. The number of rotatable bonds is 2. The van der Waals surface area contributed by atoms with E-state index in [9.17, 15) is 0 Å². The molecule has 0 spiro atoms. The van der Waals surface area contributed by atoms with Crippen LogP contribution in [0.15, 0.2) is 91.1 Å². The zero-order valence-electron chi connectivity index (χ0n) is 13.5. The number of pyridine rings is 1. The van der Waals surface area contributed by atoms with Crippen LogP contribution in [0, 0.1) is 0 Å². The SMILES string of the molecule is c1ccc(-c2cc(-c3ccc4c(c3)sc3ccccc34)ccn2)cc1. The van der Waals surface area contributed by atoms with Gasteiger partial charge < -0.3 is 0 Å². The standard InChI is InChI=1S/C23H15NS/c1-2-6-16(7-3-1)21-14-18(12-13-24-21)17-10-11-20-19-8-4-5-9-22(19)25-23(20)15-17/h1-15H. The molecule has 0 aliphatic rings. The summed E-state index contributed by atoms with van der Waals surface area (Å²) in [6.45, 7) is 0. The van der Waals surface area contributed by atoms with Crippen molar-refractivity contribution in [2.24, 2.45) is 0 Å². The summed E-state index contributed by atoms with van der Waals surface area (Å²) in [5, 5.41) is 2.68. The number of nitrogens with zero attached hydrogens (tertiary/aromatic N) is 1. The second-order valence-corrected chi connectivity index (χ2v) is 7.19. The number of aromatic nitrogens is 1. The van der Waals surface area contributed by atoms with Gasteiger partial charge in [0.15, 0.2) is 0 Å². The fraction of sp³-hybridized carbons (Fsp3) is 0. The molecule has 2 aromatic heterocycles. The van der Waals surface area contributed by atoms with Crippen molar-refractivity contribution in [1.29, 1.82) is 0 Å². The number of thiophene rings is 1. The third kappa shape index (κ3) is 2.51. The van der Waals surface area contributed by atoms with Gasteiger partial charge in [0.05, 0.1) is 5.69 Å². The summed E-state index contributed by atoms with van der Waals surface area (Å²) in [6.07, 6.45) is 1.90. The first kappa shape index (κ1) is 14.4. The minimum absolute atomic E-state index is 1.01. The molecule has 3 aromatic carbocycles. The quantitative estimate of drug-likeness (QED) is 0.346. The molecule has 1 nitrogen and oxygen atoms in total. The van der Waals surface area contributed by atoms with E-state index < -0.39 is 0 Å². The van der Waals surface area contributed by atoms with Gasteiger partial charge in [0.25, 0.3) is 0 Å². The lowest BCUT2D eigenvalue weighted by atomic mass is 10.0. The van der Waals surface area contributed by atoms with Crippen LogP contribution in [0.1, 0.15) is 0 Å². The zero-order valence-corrected chi connectivity index (χ0v) is 14.3. The van der Waals surface area contributed by atoms with Gasteiger partial charge in [0.2, 0.25) is 0 Å². The molecule has 0 aliphatic carbocycles. The van der Waals surface area contributed by atoms with Crippen molar-refractivity contribution in [3.63, 3.8) is 0 Å². The van der Waals surface area contributed by atoms with Crippen LogP contribution in [0.3, 0.4) is 0 Å². The van der Waals surface area contributed by atoms with E-state index in [0.29, 0.717) is 0 Å². The Kier molecular flexibility index (Phi) is 3.36. The highest BCUT2D eigenvalue weighted by Gasteiger charge is 2.07. The molecule has 118 valence electrons. The molecule has 0 saturated heterocycles. The third-order valence-electron chi connectivity index (χ3n) is 4.54. The van der Waals surface area contributed by atoms with E-state index in [2.05, 4.69) is 71.7 Å². The van der Waals surface area contributed by atoms with Gasteiger partial charge in [-0.2, -0.15) is 0 Å². The highest BCUT2D eigenvalue weighted by molar-refractivity contribution is 7.25. The van der Waals surface area contributed by atoms with Crippen molar-refractivity contribution in [1.82, 2.24) is 4.98 Å². The van der Waals surface area contributed by atoms with E-state index in [0.717, 1.165) is 11.3 Å². The van der Waals surface area contributed by atoms with Gasteiger partial charge in [-0.05, 0) is 35.4 Å². The van der Waals surface area contributed by atoms with E-state index >= 15 is 0 Å². The molecule has 0 amide bonds. The molecule has 0 aliphatic heterocycles. The fourth-order valence-electron chi connectivity index (χ4n) is 3.28. The maximum Gasteiger partial charge on any atom is 0.0708 e. The molecule has 0 bridgehead atoms. The Labute approximate surface area is 150 Å². The lowest BCUT2D eigenvalue weighted by molar-refractivity contribution is 1.33. The van der Waals surface area contributed by atoms with Crippen molar-refractivity contribution in [3.05, 3.63) is 91.1 Å². The fourth-order valence-corrected chi connectivity index (χ4v) is 4.43. The smallest absolute Gasteiger partial charge is 0.0708 e. The van der Waals surface area contributed by atoms with Crippen LogP contribution >= 0.6 is 11.3 Å². The van der Waals surface area contributed by atoms with E-state index in [1.165, 1.54) is 31.3 Å². The number of benzene rings is 3. The summed E-state index contributed by atoms with van der Waals surface area (Å²) in [5.74, 6) is 0. The zero-order chi connectivity index (χ0) is 16.6. The van der Waals surface area contributed by atoms with Crippen LogP contribution in [0.25, 0.3) is 42.6 Å². The summed E-state index contributed by atoms with van der Waals surface area (Å²) >= 11 is 1.86. The molecule has 0 fully saturated rings. The highest BCUT2D eigenvalue weighted by atomic mass is 32.1. The Morgan fingerprint density at radius 3 is 2.24 bits per heavy atom. The van der Waals surface area contributed by atoms with E-state index in [4.69, 9.17) is 0 Å². The van der Waals surface area contributed by atoms with E-state index in [1.54, 1.807) is 0 Å². The molecule has 2 heteroatoms. The largest absolute Gasteiger partial charge is 0.256 e. The van der Waals surface area contributed by atoms with Gasteiger partial charge in [-0.3, -0.25) is 4.98 Å². The molecule has 25 heavy (non-hydrogen) atoms. The van der Waals surface area contributed by atoms with Gasteiger partial charge in [0.1, 0.15) is 0 Å². The number of hydrogen-bond acceptors (Lipinski definition) is 2. The minimum Gasteiger partial charge on any atom is -0.256 e. The Morgan fingerprint density at radius 2 is 1.32 bits per heavy atom. The molecule has 5 aromatic rings. The second-order valence-electron chi connectivity index (χ2n) is 6.10. The van der Waals surface area contributed by atoms with E-state index in [1.807, 2.05) is 35.7 Å². The Balaban J connectivity index is 1.64. The average Bonchev–Trinajstić information content (AvgIpc) is 3.06. The molecule has 5 rings (SSSR count). The number of fused-ring (bicyclic) bond motifs is 3. The van der Waals surface area contributed by atoms with E-state index in [-0.39, 0.29) is 0 Å². The highest BCUT2D eigenvalue weighted by Crippen LogP contribution is 2.36. The van der Waals surface area contributed by atoms with Crippen molar-refractivity contribution in [2.45, 2.75) is 0 Å². The Hall–Kier alpha value is -2.97. The first-order chi connectivity index (χ1) is 12.4. The topological polar surface area (TPSA) is 12.9 Å². The molecule has 2 heterocycles. The normalized spacial score (nSPS) is 11.2. The monoisotopic (exact) mass is 337 g/mol. The third-order valence-corrected chi connectivity index (χ3v) is 5.68. The summed E-state index contributed by atoms with van der Waals surface area (Å²) in [5.41, 5.74) is 4.59. The molecule has 0 unspecified atom stereocenters. The summed E-state index contributed by atoms with van der Waals surface area (Å²) in [6, 6.07) is 29.9. The average molecular weight is 337 g/mol. The Bertz CT molecular complexity index is 1190. The number of hydrogen-bond donors (Lipinski definition) is 0. The van der Waals surface area contributed by atoms with Crippen molar-refractivity contribution < 1.29 is 0 Å². The van der Waals surface area contributed by atoms with Crippen LogP contribution in [0.2, 0.25) is 0 Å². The van der Waals surface area contributed by atoms with Crippen LogP contribution in [-0.2, 0) is 0 Å². The first-order valence-corrected chi connectivity index (χ1v) is 9.13. The second kappa shape index (κ2) is 5.83. The maximum atomic E-state index is 4.53. The Morgan fingerprint density at radius 1 is 0.560 bits per heavy atom. The van der Waals surface area contributed by atoms with Crippen molar-refractivity contribution in [2.75, 3.05) is 0 Å². The molecule has 0 saturated carbocycles. The van der Waals surface area contributed by atoms with Crippen LogP contribution in [0.5, 0.6) is 0 Å². The first-order valence-electron chi connectivity index (χ1n) is 8.32. The van der Waals surface area contributed by atoms with Crippen molar-refractivity contribution >= 4 is 31.5 Å². The molecular weight excluding hydrogens is 322 g/mol. The lowest BCUT2D eigenvalue weighted by Gasteiger charge is -2.05. The van der Waals surface area contributed by atoms with Gasteiger partial charge in [-0.25, -0.2) is 0 Å². The summed E-state index contributed by atoms with van der Waals surface area (Å²) in [7, 11) is 0. The van der Waals surface area contributed by atoms with Gasteiger partial charge in [-0.15, -0.1) is 11.3 Å². The molecular formula is C23H15NS. The molecule has 0 N–H and O–H groups in total. The maximum absolute atomic E-state index is 4.53.